The van der Waals surface area contributed by atoms with Gasteiger partial charge in [-0.1, -0.05) is 50.6 Å². The van der Waals surface area contributed by atoms with Gasteiger partial charge in [0.15, 0.2) is 4.34 Å². The van der Waals surface area contributed by atoms with E-state index in [0.717, 1.165) is 16.3 Å². The Labute approximate surface area is 175 Å². The molecule has 1 amide bonds. The third-order valence-electron chi connectivity index (χ3n) is 5.05. The molecule has 2 aromatic rings. The van der Waals surface area contributed by atoms with Crippen molar-refractivity contribution in [3.05, 3.63) is 24.3 Å². The number of β-lactam (4-membered cyclic amide) rings is 1. The van der Waals surface area contributed by atoms with E-state index in [0.29, 0.717) is 0 Å². The first-order valence-electron chi connectivity index (χ1n) is 9.16. The van der Waals surface area contributed by atoms with Crippen LogP contribution in [0.3, 0.4) is 0 Å². The summed E-state index contributed by atoms with van der Waals surface area (Å²) in [5.41, 5.74) is 0.467. The molecule has 27 heavy (non-hydrogen) atoms. The summed E-state index contributed by atoms with van der Waals surface area (Å²) in [6.07, 6.45) is 0.827. The fourth-order valence-electron chi connectivity index (χ4n) is 3.74. The molecule has 1 radical (unpaired) electrons. The number of nitrogens with one attached hydrogen (secondary N) is 1. The van der Waals surface area contributed by atoms with E-state index in [2.05, 4.69) is 57.2 Å². The Morgan fingerprint density at radius 3 is 2.56 bits per heavy atom. The zero-order chi connectivity index (χ0) is 19.8. The summed E-state index contributed by atoms with van der Waals surface area (Å²) in [6, 6.07) is 8.18. The zero-order valence-electron chi connectivity index (χ0n) is 16.7. The topological polar surface area (TPSA) is 51.2 Å². The van der Waals surface area contributed by atoms with Gasteiger partial charge in [0.25, 0.3) is 0 Å². The summed E-state index contributed by atoms with van der Waals surface area (Å²) in [4.78, 5) is 17.3. The SMILES string of the molecule is CCC(O[Si](C)C)([C@@H]1C(=O)N[C@@H]1SSc1nc2ccccc2s1)C(C)(C)C. The molecule has 3 atom stereocenters. The van der Waals surface area contributed by atoms with Gasteiger partial charge in [-0.05, 0) is 47.9 Å². The quantitative estimate of drug-likeness (QED) is 0.347. The molecule has 3 rings (SSSR count). The van der Waals surface area contributed by atoms with Crippen LogP contribution < -0.4 is 5.32 Å². The molecule has 1 saturated heterocycles. The number of para-hydroxylation sites is 1. The number of benzene rings is 1. The molecule has 1 N–H and O–H groups in total. The lowest BCUT2D eigenvalue weighted by atomic mass is 9.65. The van der Waals surface area contributed by atoms with E-state index < -0.39 is 14.6 Å². The van der Waals surface area contributed by atoms with Gasteiger partial charge in [-0.15, -0.1) is 11.3 Å². The van der Waals surface area contributed by atoms with Crippen LogP contribution in [-0.4, -0.2) is 30.9 Å². The average molecular weight is 440 g/mol. The highest BCUT2D eigenvalue weighted by Crippen LogP contribution is 2.52. The average Bonchev–Trinajstić information content (AvgIpc) is 2.98. The molecule has 1 fully saturated rings. The normalized spacial score (nSPS) is 22.6. The Bertz CT molecular complexity index is 788. The molecule has 1 aliphatic rings. The Hall–Kier alpha value is -0.543. The van der Waals surface area contributed by atoms with E-state index in [1.54, 1.807) is 32.9 Å². The van der Waals surface area contributed by atoms with Crippen LogP contribution in [0.1, 0.15) is 34.1 Å². The van der Waals surface area contributed by atoms with Gasteiger partial charge in [0.05, 0.1) is 27.1 Å². The summed E-state index contributed by atoms with van der Waals surface area (Å²) in [5, 5.41) is 3.13. The maximum atomic E-state index is 12.6. The number of fused-ring (bicyclic) bond motifs is 1. The fourth-order valence-corrected chi connectivity index (χ4v) is 8.90. The molecule has 0 aliphatic carbocycles. The van der Waals surface area contributed by atoms with Gasteiger partial charge < -0.3 is 9.74 Å². The fraction of sp³-hybridized carbons (Fsp3) is 0.579. The smallest absolute Gasteiger partial charge is 0.229 e. The number of hydrogen-bond donors (Lipinski definition) is 1. The molecule has 1 aromatic carbocycles. The number of nitrogens with zero attached hydrogens (tertiary/aromatic N) is 1. The summed E-state index contributed by atoms with van der Waals surface area (Å²) in [7, 11) is 2.40. The van der Waals surface area contributed by atoms with Crippen LogP contribution in [0.15, 0.2) is 28.6 Å². The van der Waals surface area contributed by atoms with Crippen LogP contribution in [0.25, 0.3) is 10.2 Å². The second kappa shape index (κ2) is 8.06. The van der Waals surface area contributed by atoms with Crippen LogP contribution in [0.2, 0.25) is 13.1 Å². The predicted octanol–water partition coefficient (Wildman–Crippen LogP) is 5.57. The highest BCUT2D eigenvalue weighted by Gasteiger charge is 2.59. The molecule has 4 nitrogen and oxygen atoms in total. The van der Waals surface area contributed by atoms with Crippen molar-refractivity contribution < 1.29 is 9.22 Å². The van der Waals surface area contributed by atoms with Gasteiger partial charge in [-0.25, -0.2) is 4.98 Å². The van der Waals surface area contributed by atoms with E-state index >= 15 is 0 Å². The molecule has 8 heteroatoms. The summed E-state index contributed by atoms with van der Waals surface area (Å²) in [5.74, 6) is -0.0355. The molecule has 0 saturated carbocycles. The predicted molar refractivity (Wildman–Crippen MR) is 120 cm³/mol. The summed E-state index contributed by atoms with van der Waals surface area (Å²) >= 11 is 1.70. The third-order valence-corrected chi connectivity index (χ3v) is 9.78. The van der Waals surface area contributed by atoms with Crippen molar-refractivity contribution in [3.63, 3.8) is 0 Å². The first-order valence-corrected chi connectivity index (χ1v) is 14.6. The minimum atomic E-state index is -0.942. The molecule has 0 bridgehead atoms. The molecule has 1 aliphatic heterocycles. The first kappa shape index (κ1) is 21.2. The van der Waals surface area contributed by atoms with Crippen molar-refractivity contribution in [1.82, 2.24) is 10.3 Å². The Kier molecular flexibility index (Phi) is 6.32. The second-order valence-corrected chi connectivity index (χ2v) is 13.7. The number of carbonyl (C=O) groups is 1. The van der Waals surface area contributed by atoms with Crippen LogP contribution in [0, 0.1) is 11.3 Å². The van der Waals surface area contributed by atoms with Gasteiger partial charge in [-0.2, -0.15) is 0 Å². The van der Waals surface area contributed by atoms with Crippen LogP contribution in [0.4, 0.5) is 0 Å². The molecule has 1 aromatic heterocycles. The molecule has 0 spiro atoms. The van der Waals surface area contributed by atoms with E-state index in [1.807, 2.05) is 18.2 Å². The van der Waals surface area contributed by atoms with Crippen LogP contribution in [-0.2, 0) is 9.22 Å². The number of carbonyl (C=O) groups excluding carboxylic acids is 1. The minimum Gasteiger partial charge on any atom is -0.410 e. The lowest BCUT2D eigenvalue weighted by molar-refractivity contribution is -0.157. The highest BCUT2D eigenvalue weighted by atomic mass is 33.1. The third kappa shape index (κ3) is 4.10. The number of amides is 1. The van der Waals surface area contributed by atoms with Crippen molar-refractivity contribution >= 4 is 58.1 Å². The van der Waals surface area contributed by atoms with Crippen molar-refractivity contribution in [3.8, 4) is 0 Å². The first-order chi connectivity index (χ1) is 12.7. The van der Waals surface area contributed by atoms with Gasteiger partial charge in [0.2, 0.25) is 14.9 Å². The molecular weight excluding hydrogens is 413 g/mol. The monoisotopic (exact) mass is 439 g/mol. The number of hydrogen-bond acceptors (Lipinski definition) is 6. The lowest BCUT2D eigenvalue weighted by Crippen LogP contribution is -2.70. The second-order valence-electron chi connectivity index (χ2n) is 8.04. The number of thiazole rings is 1. The van der Waals surface area contributed by atoms with Gasteiger partial charge >= 0.3 is 0 Å². The van der Waals surface area contributed by atoms with Gasteiger partial charge in [-0.3, -0.25) is 4.79 Å². The lowest BCUT2D eigenvalue weighted by Gasteiger charge is -2.55. The zero-order valence-corrected chi connectivity index (χ0v) is 20.1. The minimum absolute atomic E-state index is 0.0371. The maximum absolute atomic E-state index is 12.6. The highest BCUT2D eigenvalue weighted by molar-refractivity contribution is 8.77. The Morgan fingerprint density at radius 1 is 1.30 bits per heavy atom. The van der Waals surface area contributed by atoms with Gasteiger partial charge in [0.1, 0.15) is 0 Å². The standard InChI is InChI=1S/C19H27N2O2S3Si/c1-7-19(18(2,3)4,23-27(5)6)14-15(22)21-16(14)25-26-17-20-12-10-8-9-11-13(12)24-17/h8-11,14,16H,7H2,1-6H3,(H,21,22)/t14-,16-,19?/m1/s1. The Balaban J connectivity index is 1.78. The van der Waals surface area contributed by atoms with Gasteiger partial charge in [0, 0.05) is 0 Å². The number of aromatic nitrogens is 1. The number of rotatable bonds is 7. The summed E-state index contributed by atoms with van der Waals surface area (Å²) in [6.45, 7) is 13.0. The van der Waals surface area contributed by atoms with Crippen LogP contribution >= 0.6 is 32.9 Å². The van der Waals surface area contributed by atoms with E-state index in [4.69, 9.17) is 4.43 Å². The molecule has 2 heterocycles. The van der Waals surface area contributed by atoms with E-state index in [1.165, 1.54) is 4.70 Å². The van der Waals surface area contributed by atoms with Crippen molar-refractivity contribution in [2.24, 2.45) is 11.3 Å². The molecule has 1 unspecified atom stereocenters. The summed E-state index contributed by atoms with van der Waals surface area (Å²) < 4.78 is 8.78. The largest absolute Gasteiger partial charge is 0.410 e. The molecule has 147 valence electrons. The maximum Gasteiger partial charge on any atom is 0.229 e. The Morgan fingerprint density at radius 2 is 2.00 bits per heavy atom. The van der Waals surface area contributed by atoms with Crippen LogP contribution in [0.5, 0.6) is 0 Å². The van der Waals surface area contributed by atoms with Crippen molar-refractivity contribution in [2.75, 3.05) is 0 Å². The van der Waals surface area contributed by atoms with Crippen molar-refractivity contribution in [2.45, 2.75) is 62.5 Å². The van der Waals surface area contributed by atoms with E-state index in [-0.39, 0.29) is 22.6 Å². The molecular formula is C19H27N2O2S3Si. The van der Waals surface area contributed by atoms with Crippen molar-refractivity contribution in [1.29, 1.82) is 0 Å². The van der Waals surface area contributed by atoms with E-state index in [9.17, 15) is 4.79 Å².